The first-order valence-corrected chi connectivity index (χ1v) is 12.3. The number of nitrogens with zero attached hydrogens (tertiary/aromatic N) is 3. The second kappa shape index (κ2) is 9.02. The molecule has 3 aromatic rings. The van der Waals surface area contributed by atoms with Crippen molar-refractivity contribution in [3.63, 3.8) is 0 Å². The maximum Gasteiger partial charge on any atom is 0.308 e. The number of nitro groups is 1. The minimum Gasteiger partial charge on any atom is -0.427 e. The number of hydrogen-bond donors (Lipinski definition) is 0. The van der Waals surface area contributed by atoms with Crippen LogP contribution in [0.2, 0.25) is 0 Å². The molecule has 0 spiro atoms. The number of carbonyl (C=O) groups is 4. The third kappa shape index (κ3) is 3.80. The molecule has 0 aliphatic carbocycles. The van der Waals surface area contributed by atoms with Gasteiger partial charge >= 0.3 is 5.97 Å². The fraction of sp³-hybridized carbons (Fsp3) is 0.172. The lowest BCUT2D eigenvalue weighted by Crippen LogP contribution is -2.48. The normalized spacial score (nSPS) is 22.8. The highest BCUT2D eigenvalue weighted by Crippen LogP contribution is 2.49. The van der Waals surface area contributed by atoms with Gasteiger partial charge in [0.15, 0.2) is 5.78 Å². The maximum atomic E-state index is 14.1. The van der Waals surface area contributed by atoms with E-state index in [2.05, 4.69) is 0 Å². The molecule has 2 amide bonds. The van der Waals surface area contributed by atoms with Crippen molar-refractivity contribution >= 4 is 46.7 Å². The number of para-hydroxylation sites is 1. The van der Waals surface area contributed by atoms with Crippen LogP contribution in [0.1, 0.15) is 22.8 Å². The van der Waals surface area contributed by atoms with Gasteiger partial charge in [-0.3, -0.25) is 29.3 Å². The lowest BCUT2D eigenvalue weighted by molar-refractivity contribution is -0.384. The molecule has 2 fully saturated rings. The summed E-state index contributed by atoms with van der Waals surface area (Å²) in [5, 5.41) is 11.1. The van der Waals surface area contributed by atoms with Gasteiger partial charge in [-0.25, -0.2) is 4.90 Å². The Morgan fingerprint density at radius 2 is 1.56 bits per heavy atom. The molecule has 6 rings (SSSR count). The SMILES string of the molecule is CC(=O)Oc1ccc(C(=O)[C@H]2[C@H]3C(=O)N(c4ccc([N+](=O)[O-])cc4)C(=O)[C@H]3[C@@H]3C=Cc4ccccc4N32)cc1. The summed E-state index contributed by atoms with van der Waals surface area (Å²) in [5.41, 5.74) is 1.96. The molecular weight excluding hydrogens is 502 g/mol. The zero-order valence-electron chi connectivity index (χ0n) is 20.6. The fourth-order valence-corrected chi connectivity index (χ4v) is 5.82. The molecule has 0 radical (unpaired) electrons. The summed E-state index contributed by atoms with van der Waals surface area (Å²) in [6.45, 7) is 1.28. The van der Waals surface area contributed by atoms with Crippen LogP contribution in [0.5, 0.6) is 5.75 Å². The molecule has 0 aromatic heterocycles. The summed E-state index contributed by atoms with van der Waals surface area (Å²) in [5.74, 6) is -3.36. The number of rotatable bonds is 5. The van der Waals surface area contributed by atoms with Gasteiger partial charge in [-0.05, 0) is 48.0 Å². The van der Waals surface area contributed by atoms with Crippen LogP contribution < -0.4 is 14.5 Å². The van der Waals surface area contributed by atoms with Crippen LogP contribution in [0.15, 0.2) is 78.9 Å². The summed E-state index contributed by atoms with van der Waals surface area (Å²) >= 11 is 0. The highest BCUT2D eigenvalue weighted by atomic mass is 16.6. The molecule has 10 heteroatoms. The number of non-ortho nitro benzene ring substituents is 1. The van der Waals surface area contributed by atoms with E-state index in [1.165, 1.54) is 55.5 Å². The standard InChI is InChI=1S/C29H21N3O7/c1-16(33)39-21-13-6-18(7-14-21)27(34)26-25-24(23-15-8-17-4-2-3-5-22(17)31(23)26)28(35)30(29(25)36)19-9-11-20(12-10-19)32(37)38/h2-15,23-26H,1H3/t23-,24-,25-,26+/m0/s1. The Labute approximate surface area is 222 Å². The second-order valence-electron chi connectivity index (χ2n) is 9.58. The Balaban J connectivity index is 1.42. The predicted octanol–water partition coefficient (Wildman–Crippen LogP) is 3.79. The number of Topliss-reactive ketones (excluding diaryl/α,β-unsaturated/α-hetero) is 1. The van der Waals surface area contributed by atoms with Gasteiger partial charge in [0.2, 0.25) is 11.8 Å². The molecule has 0 N–H and O–H groups in total. The molecule has 2 saturated heterocycles. The third-order valence-corrected chi connectivity index (χ3v) is 7.40. The first-order chi connectivity index (χ1) is 18.8. The highest BCUT2D eigenvalue weighted by molar-refractivity contribution is 6.25. The van der Waals surface area contributed by atoms with E-state index < -0.39 is 46.6 Å². The number of nitro benzene ring substituents is 1. The number of ketones is 1. The van der Waals surface area contributed by atoms with Gasteiger partial charge in [0, 0.05) is 30.3 Å². The van der Waals surface area contributed by atoms with Crippen molar-refractivity contribution in [3.8, 4) is 5.75 Å². The smallest absolute Gasteiger partial charge is 0.308 e. The average Bonchev–Trinajstić information content (AvgIpc) is 3.41. The molecule has 3 aliphatic rings. The van der Waals surface area contributed by atoms with E-state index >= 15 is 0 Å². The van der Waals surface area contributed by atoms with Crippen LogP contribution in [0, 0.1) is 22.0 Å². The molecule has 39 heavy (non-hydrogen) atoms. The third-order valence-electron chi connectivity index (χ3n) is 7.40. The van der Waals surface area contributed by atoms with Gasteiger partial charge in [0.1, 0.15) is 11.8 Å². The molecule has 0 bridgehead atoms. The minimum atomic E-state index is -0.981. The van der Waals surface area contributed by atoms with Crippen molar-refractivity contribution in [2.24, 2.45) is 11.8 Å². The fourth-order valence-electron chi connectivity index (χ4n) is 5.82. The van der Waals surface area contributed by atoms with Gasteiger partial charge in [-0.2, -0.15) is 0 Å². The van der Waals surface area contributed by atoms with Gasteiger partial charge in [-0.1, -0.05) is 30.4 Å². The van der Waals surface area contributed by atoms with Crippen molar-refractivity contribution in [2.45, 2.75) is 19.0 Å². The maximum absolute atomic E-state index is 14.1. The molecule has 194 valence electrons. The van der Waals surface area contributed by atoms with E-state index in [1.807, 2.05) is 41.3 Å². The minimum absolute atomic E-state index is 0.165. The van der Waals surface area contributed by atoms with Crippen molar-refractivity contribution in [2.75, 3.05) is 9.80 Å². The predicted molar refractivity (Wildman–Crippen MR) is 140 cm³/mol. The molecule has 3 heterocycles. The molecule has 3 aromatic carbocycles. The Morgan fingerprint density at radius 3 is 2.23 bits per heavy atom. The number of fused-ring (bicyclic) bond motifs is 5. The van der Waals surface area contributed by atoms with E-state index in [0.717, 1.165) is 16.2 Å². The first kappa shape index (κ1) is 24.2. The summed E-state index contributed by atoms with van der Waals surface area (Å²) in [4.78, 5) is 66.5. The zero-order valence-corrected chi connectivity index (χ0v) is 20.6. The van der Waals surface area contributed by atoms with Crippen LogP contribution in [0.3, 0.4) is 0 Å². The summed E-state index contributed by atoms with van der Waals surface area (Å²) < 4.78 is 5.08. The molecule has 10 nitrogen and oxygen atoms in total. The number of imide groups is 1. The van der Waals surface area contributed by atoms with E-state index in [1.54, 1.807) is 0 Å². The van der Waals surface area contributed by atoms with E-state index in [0.29, 0.717) is 5.56 Å². The van der Waals surface area contributed by atoms with Gasteiger partial charge < -0.3 is 9.64 Å². The van der Waals surface area contributed by atoms with Gasteiger partial charge in [0.25, 0.3) is 5.69 Å². The lowest BCUT2D eigenvalue weighted by atomic mass is 9.86. The van der Waals surface area contributed by atoms with Crippen LogP contribution in [0.4, 0.5) is 17.1 Å². The Hall–Kier alpha value is -5.12. The topological polar surface area (TPSA) is 127 Å². The largest absolute Gasteiger partial charge is 0.427 e. The quantitative estimate of drug-likeness (QED) is 0.123. The van der Waals surface area contributed by atoms with Crippen molar-refractivity contribution in [3.05, 3.63) is 100 Å². The Morgan fingerprint density at radius 1 is 0.897 bits per heavy atom. The molecule has 4 atom stereocenters. The lowest BCUT2D eigenvalue weighted by Gasteiger charge is -2.36. The number of anilines is 2. The highest BCUT2D eigenvalue weighted by Gasteiger charge is 2.64. The van der Waals surface area contributed by atoms with Gasteiger partial charge in [-0.15, -0.1) is 0 Å². The molecule has 3 aliphatic heterocycles. The van der Waals surface area contributed by atoms with Crippen LogP contribution in [0.25, 0.3) is 6.08 Å². The number of ether oxygens (including phenoxy) is 1. The monoisotopic (exact) mass is 523 g/mol. The van der Waals surface area contributed by atoms with Crippen molar-refractivity contribution in [1.29, 1.82) is 0 Å². The van der Waals surface area contributed by atoms with E-state index in [-0.39, 0.29) is 22.9 Å². The number of carbonyl (C=O) groups excluding carboxylic acids is 4. The number of amides is 2. The second-order valence-corrected chi connectivity index (χ2v) is 9.58. The number of hydrogen-bond acceptors (Lipinski definition) is 8. The van der Waals surface area contributed by atoms with Crippen molar-refractivity contribution in [1.82, 2.24) is 0 Å². The summed E-state index contributed by atoms with van der Waals surface area (Å²) in [7, 11) is 0. The van der Waals surface area contributed by atoms with Crippen molar-refractivity contribution < 1.29 is 28.8 Å². The summed E-state index contributed by atoms with van der Waals surface area (Å²) in [6.07, 6.45) is 3.74. The Bertz CT molecular complexity index is 1580. The van der Waals surface area contributed by atoms with E-state index in [9.17, 15) is 29.3 Å². The van der Waals surface area contributed by atoms with Crippen LogP contribution in [-0.2, 0) is 14.4 Å². The first-order valence-electron chi connectivity index (χ1n) is 12.3. The molecule has 0 unspecified atom stereocenters. The van der Waals surface area contributed by atoms with Crippen LogP contribution in [-0.4, -0.2) is 40.6 Å². The van der Waals surface area contributed by atoms with Crippen LogP contribution >= 0.6 is 0 Å². The average molecular weight is 524 g/mol. The van der Waals surface area contributed by atoms with E-state index in [4.69, 9.17) is 4.74 Å². The Kier molecular flexibility index (Phi) is 5.60. The number of benzene rings is 3. The molecular formula is C29H21N3O7. The number of esters is 1. The van der Waals surface area contributed by atoms with Gasteiger partial charge in [0.05, 0.1) is 28.5 Å². The zero-order chi connectivity index (χ0) is 27.4. The summed E-state index contributed by atoms with van der Waals surface area (Å²) in [6, 6.07) is 17.2. The molecule has 0 saturated carbocycles.